The first kappa shape index (κ1) is 9.06. The fraction of sp³-hybridized carbons (Fsp3) is 0.364. The number of benzene rings is 1. The van der Waals surface area contributed by atoms with E-state index in [2.05, 4.69) is 12.1 Å². The van der Waals surface area contributed by atoms with Crippen molar-refractivity contribution in [3.05, 3.63) is 23.4 Å². The lowest BCUT2D eigenvalue weighted by molar-refractivity contribution is 0.418. The molecule has 0 radical (unpaired) electrons. The number of rotatable bonds is 2. The van der Waals surface area contributed by atoms with Crippen molar-refractivity contribution in [1.29, 1.82) is 0 Å². The molecule has 74 valence electrons. The maximum absolute atomic E-state index is 5.31. The Bertz CT molecular complexity index is 460. The third-order valence-corrected chi connectivity index (χ3v) is 2.40. The van der Waals surface area contributed by atoms with Gasteiger partial charge in [-0.25, -0.2) is 0 Å². The molecule has 0 amide bonds. The van der Waals surface area contributed by atoms with Gasteiger partial charge in [0.15, 0.2) is 5.58 Å². The second kappa shape index (κ2) is 3.33. The zero-order valence-electron chi connectivity index (χ0n) is 8.63. The molecule has 0 bridgehead atoms. The van der Waals surface area contributed by atoms with E-state index in [4.69, 9.17) is 9.26 Å². The molecule has 2 aromatic rings. The molecular weight excluding hydrogens is 178 g/mol. The van der Waals surface area contributed by atoms with Gasteiger partial charge in [-0.05, 0) is 31.0 Å². The van der Waals surface area contributed by atoms with Gasteiger partial charge in [-0.15, -0.1) is 0 Å². The van der Waals surface area contributed by atoms with Crippen LogP contribution in [0.4, 0.5) is 0 Å². The first-order chi connectivity index (χ1) is 6.76. The monoisotopic (exact) mass is 191 g/mol. The van der Waals surface area contributed by atoms with E-state index in [9.17, 15) is 0 Å². The molecule has 0 atom stereocenters. The van der Waals surface area contributed by atoms with Crippen LogP contribution in [0.15, 0.2) is 16.7 Å². The van der Waals surface area contributed by atoms with Crippen molar-refractivity contribution in [2.45, 2.75) is 20.3 Å². The Labute approximate surface area is 82.7 Å². The fourth-order valence-corrected chi connectivity index (χ4v) is 1.60. The van der Waals surface area contributed by atoms with E-state index in [1.54, 1.807) is 7.11 Å². The Morgan fingerprint density at radius 3 is 2.86 bits per heavy atom. The molecule has 1 heterocycles. The number of hydrogen-bond donors (Lipinski definition) is 0. The highest BCUT2D eigenvalue weighted by molar-refractivity contribution is 5.86. The lowest BCUT2D eigenvalue weighted by Crippen LogP contribution is -1.87. The van der Waals surface area contributed by atoms with Crippen LogP contribution in [0.1, 0.15) is 18.2 Å². The summed E-state index contributed by atoms with van der Waals surface area (Å²) in [6, 6.07) is 4.05. The number of hydrogen-bond acceptors (Lipinski definition) is 3. The lowest BCUT2D eigenvalue weighted by Gasteiger charge is -2.03. The molecule has 2 rings (SSSR count). The number of aryl methyl sites for hydroxylation is 2. The highest BCUT2D eigenvalue weighted by Gasteiger charge is 2.11. The summed E-state index contributed by atoms with van der Waals surface area (Å²) in [5, 5.41) is 4.90. The second-order valence-corrected chi connectivity index (χ2v) is 3.29. The molecule has 0 saturated carbocycles. The van der Waals surface area contributed by atoms with Gasteiger partial charge in [0.1, 0.15) is 5.75 Å². The first-order valence-corrected chi connectivity index (χ1v) is 4.69. The third-order valence-electron chi connectivity index (χ3n) is 2.40. The highest BCUT2D eigenvalue weighted by Crippen LogP contribution is 2.30. The Kier molecular flexibility index (Phi) is 2.15. The SMILES string of the molecule is CCc1cc(OC)c2c(C)noc2c1. The van der Waals surface area contributed by atoms with Crippen molar-refractivity contribution in [2.24, 2.45) is 0 Å². The lowest BCUT2D eigenvalue weighted by atomic mass is 10.1. The molecule has 0 saturated heterocycles. The quantitative estimate of drug-likeness (QED) is 0.732. The Hall–Kier alpha value is -1.51. The molecule has 1 aromatic heterocycles. The molecule has 0 N–H and O–H groups in total. The molecule has 3 heteroatoms. The average molecular weight is 191 g/mol. The van der Waals surface area contributed by atoms with Gasteiger partial charge in [0.25, 0.3) is 0 Å². The van der Waals surface area contributed by atoms with Crippen molar-refractivity contribution in [3.8, 4) is 5.75 Å². The van der Waals surface area contributed by atoms with E-state index in [-0.39, 0.29) is 0 Å². The molecule has 0 aliphatic heterocycles. The van der Waals surface area contributed by atoms with Crippen LogP contribution in [0.5, 0.6) is 5.75 Å². The highest BCUT2D eigenvalue weighted by atomic mass is 16.5. The van der Waals surface area contributed by atoms with Gasteiger partial charge in [-0.1, -0.05) is 12.1 Å². The molecule has 0 aliphatic rings. The van der Waals surface area contributed by atoms with Crippen LogP contribution in [-0.4, -0.2) is 12.3 Å². The van der Waals surface area contributed by atoms with Gasteiger partial charge >= 0.3 is 0 Å². The van der Waals surface area contributed by atoms with Crippen LogP contribution in [0.2, 0.25) is 0 Å². The fourth-order valence-electron chi connectivity index (χ4n) is 1.60. The summed E-state index contributed by atoms with van der Waals surface area (Å²) in [6.45, 7) is 4.02. The van der Waals surface area contributed by atoms with Gasteiger partial charge in [-0.2, -0.15) is 0 Å². The number of nitrogens with zero attached hydrogens (tertiary/aromatic N) is 1. The Balaban J connectivity index is 2.76. The number of aromatic nitrogens is 1. The van der Waals surface area contributed by atoms with E-state index < -0.39 is 0 Å². The van der Waals surface area contributed by atoms with Crippen molar-refractivity contribution >= 4 is 11.0 Å². The predicted octanol–water partition coefficient (Wildman–Crippen LogP) is 2.71. The van der Waals surface area contributed by atoms with Crippen molar-refractivity contribution in [2.75, 3.05) is 7.11 Å². The summed E-state index contributed by atoms with van der Waals surface area (Å²) in [5.41, 5.74) is 2.88. The summed E-state index contributed by atoms with van der Waals surface area (Å²) in [4.78, 5) is 0. The van der Waals surface area contributed by atoms with E-state index in [1.165, 1.54) is 5.56 Å². The maximum atomic E-state index is 5.31. The predicted molar refractivity (Wildman–Crippen MR) is 54.7 cm³/mol. The van der Waals surface area contributed by atoms with Crippen molar-refractivity contribution < 1.29 is 9.26 Å². The molecular formula is C11H13NO2. The molecule has 1 aromatic carbocycles. The topological polar surface area (TPSA) is 35.3 Å². The summed E-state index contributed by atoms with van der Waals surface area (Å²) in [6.07, 6.45) is 0.964. The minimum absolute atomic E-state index is 0.804. The standard InChI is InChI=1S/C11H13NO2/c1-4-8-5-9(13-3)11-7(2)12-14-10(11)6-8/h5-6H,4H2,1-3H3. The van der Waals surface area contributed by atoms with Crippen LogP contribution in [0, 0.1) is 6.92 Å². The van der Waals surface area contributed by atoms with E-state index in [0.717, 1.165) is 28.8 Å². The summed E-state index contributed by atoms with van der Waals surface area (Å²) < 4.78 is 10.5. The summed E-state index contributed by atoms with van der Waals surface area (Å²) in [5.74, 6) is 0.845. The average Bonchev–Trinajstić information content (AvgIpc) is 2.59. The van der Waals surface area contributed by atoms with Gasteiger partial charge < -0.3 is 9.26 Å². The summed E-state index contributed by atoms with van der Waals surface area (Å²) >= 11 is 0. The number of fused-ring (bicyclic) bond motifs is 1. The van der Waals surface area contributed by atoms with Crippen LogP contribution in [0.3, 0.4) is 0 Å². The molecule has 14 heavy (non-hydrogen) atoms. The van der Waals surface area contributed by atoms with Crippen molar-refractivity contribution in [3.63, 3.8) is 0 Å². The van der Waals surface area contributed by atoms with Gasteiger partial charge in [0.05, 0.1) is 18.2 Å². The van der Waals surface area contributed by atoms with Crippen molar-refractivity contribution in [1.82, 2.24) is 5.16 Å². The largest absolute Gasteiger partial charge is 0.496 e. The maximum Gasteiger partial charge on any atom is 0.171 e. The normalized spacial score (nSPS) is 10.8. The molecule has 3 nitrogen and oxygen atoms in total. The molecule has 0 unspecified atom stereocenters. The van der Waals surface area contributed by atoms with Crippen LogP contribution in [0.25, 0.3) is 11.0 Å². The number of ether oxygens (including phenoxy) is 1. The van der Waals surface area contributed by atoms with E-state index in [1.807, 2.05) is 19.1 Å². The zero-order chi connectivity index (χ0) is 10.1. The second-order valence-electron chi connectivity index (χ2n) is 3.29. The Morgan fingerprint density at radius 2 is 2.21 bits per heavy atom. The van der Waals surface area contributed by atoms with Gasteiger partial charge in [0, 0.05) is 0 Å². The smallest absolute Gasteiger partial charge is 0.171 e. The minimum atomic E-state index is 0.804. The number of methoxy groups -OCH3 is 1. The van der Waals surface area contributed by atoms with Crippen LogP contribution in [-0.2, 0) is 6.42 Å². The zero-order valence-corrected chi connectivity index (χ0v) is 8.63. The minimum Gasteiger partial charge on any atom is -0.496 e. The van der Waals surface area contributed by atoms with Gasteiger partial charge in [-0.3, -0.25) is 0 Å². The molecule has 0 aliphatic carbocycles. The van der Waals surface area contributed by atoms with Crippen LogP contribution >= 0.6 is 0 Å². The van der Waals surface area contributed by atoms with Crippen LogP contribution < -0.4 is 4.74 Å². The van der Waals surface area contributed by atoms with E-state index in [0.29, 0.717) is 0 Å². The van der Waals surface area contributed by atoms with Gasteiger partial charge in [0.2, 0.25) is 0 Å². The third kappa shape index (κ3) is 1.25. The summed E-state index contributed by atoms with van der Waals surface area (Å²) in [7, 11) is 1.67. The van der Waals surface area contributed by atoms with E-state index >= 15 is 0 Å². The first-order valence-electron chi connectivity index (χ1n) is 4.69. The molecule has 0 spiro atoms. The Morgan fingerprint density at radius 1 is 1.43 bits per heavy atom. The molecule has 0 fully saturated rings.